The summed E-state index contributed by atoms with van der Waals surface area (Å²) in [5.74, 6) is -0.943. The summed E-state index contributed by atoms with van der Waals surface area (Å²) in [7, 11) is 0. The second kappa shape index (κ2) is 4.93. The van der Waals surface area contributed by atoms with Gasteiger partial charge in [-0.3, -0.25) is 25.4 Å². The normalized spacial score (nSPS) is 9.21. The Hall–Kier alpha value is -1.95. The van der Waals surface area contributed by atoms with Gasteiger partial charge in [0.05, 0.1) is 6.54 Å². The third-order valence-electron chi connectivity index (χ3n) is 1.40. The minimum atomic E-state index is -0.479. The fraction of sp³-hybridized carbons (Fsp3) is 0.125. The summed E-state index contributed by atoms with van der Waals surface area (Å²) in [4.78, 5) is 25.7. The molecule has 0 saturated heterocycles. The van der Waals surface area contributed by atoms with Gasteiger partial charge in [0.15, 0.2) is 0 Å². The molecule has 0 radical (unpaired) electrons. The molecule has 0 saturated carbocycles. The van der Waals surface area contributed by atoms with E-state index in [1.807, 2.05) is 0 Å². The van der Waals surface area contributed by atoms with Crippen LogP contribution in [0.2, 0.25) is 0 Å². The summed E-state index contributed by atoms with van der Waals surface area (Å²) in [6.45, 7) is -0.178. The first-order valence-electron chi connectivity index (χ1n) is 3.94. The Morgan fingerprint density at radius 3 is 2.71 bits per heavy atom. The lowest BCUT2D eigenvalue weighted by Crippen LogP contribution is -2.44. The van der Waals surface area contributed by atoms with E-state index in [4.69, 9.17) is 5.73 Å². The van der Waals surface area contributed by atoms with Gasteiger partial charge in [0.25, 0.3) is 11.8 Å². The molecule has 0 aromatic carbocycles. The van der Waals surface area contributed by atoms with Crippen molar-refractivity contribution in [2.45, 2.75) is 0 Å². The molecule has 74 valence electrons. The van der Waals surface area contributed by atoms with Gasteiger partial charge in [0, 0.05) is 6.20 Å². The third kappa shape index (κ3) is 2.83. The number of rotatable bonds is 2. The van der Waals surface area contributed by atoms with E-state index >= 15 is 0 Å². The number of aromatic nitrogens is 1. The van der Waals surface area contributed by atoms with Crippen molar-refractivity contribution in [2.75, 3.05) is 6.54 Å². The van der Waals surface area contributed by atoms with Gasteiger partial charge >= 0.3 is 0 Å². The average Bonchev–Trinajstić information content (AvgIpc) is 2.26. The van der Waals surface area contributed by atoms with Crippen molar-refractivity contribution in [3.05, 3.63) is 30.1 Å². The van der Waals surface area contributed by atoms with Gasteiger partial charge in [-0.05, 0) is 12.1 Å². The summed E-state index contributed by atoms with van der Waals surface area (Å²) in [6, 6.07) is 4.89. The second-order valence-corrected chi connectivity index (χ2v) is 2.42. The predicted octanol–water partition coefficient (Wildman–Crippen LogP) is -1.20. The third-order valence-corrected chi connectivity index (χ3v) is 1.40. The van der Waals surface area contributed by atoms with Crippen molar-refractivity contribution in [1.29, 1.82) is 0 Å². The number of nitrogens with two attached hydrogens (primary N) is 1. The molecule has 0 aliphatic heterocycles. The smallest absolute Gasteiger partial charge is 0.288 e. The summed E-state index contributed by atoms with van der Waals surface area (Å²) in [6.07, 6.45) is 1.49. The van der Waals surface area contributed by atoms with Gasteiger partial charge in [-0.15, -0.1) is 0 Å². The lowest BCUT2D eigenvalue weighted by Gasteiger charge is -2.04. The van der Waals surface area contributed by atoms with E-state index in [1.165, 1.54) is 12.3 Å². The molecule has 1 aromatic heterocycles. The molecular formula is C8H10N4O2. The van der Waals surface area contributed by atoms with Crippen LogP contribution in [0.4, 0.5) is 0 Å². The number of nitrogens with zero attached hydrogens (tertiary/aromatic N) is 1. The highest BCUT2D eigenvalue weighted by atomic mass is 16.2. The number of carbonyl (C=O) groups excluding carboxylic acids is 2. The van der Waals surface area contributed by atoms with Gasteiger partial charge < -0.3 is 5.73 Å². The molecule has 0 fully saturated rings. The predicted molar refractivity (Wildman–Crippen MR) is 48.9 cm³/mol. The Labute approximate surface area is 80.5 Å². The summed E-state index contributed by atoms with van der Waals surface area (Å²) in [5.41, 5.74) is 9.54. The van der Waals surface area contributed by atoms with Crippen LogP contribution >= 0.6 is 0 Å². The number of nitrogens with one attached hydrogen (secondary N) is 2. The van der Waals surface area contributed by atoms with Crippen molar-refractivity contribution < 1.29 is 9.59 Å². The van der Waals surface area contributed by atoms with Crippen molar-refractivity contribution >= 4 is 11.8 Å². The van der Waals surface area contributed by atoms with E-state index in [-0.39, 0.29) is 12.2 Å². The van der Waals surface area contributed by atoms with Gasteiger partial charge in [-0.2, -0.15) is 0 Å². The maximum Gasteiger partial charge on any atom is 0.288 e. The van der Waals surface area contributed by atoms with Gasteiger partial charge in [0.1, 0.15) is 5.69 Å². The van der Waals surface area contributed by atoms with E-state index in [0.717, 1.165) is 0 Å². The van der Waals surface area contributed by atoms with Crippen LogP contribution in [-0.2, 0) is 4.79 Å². The number of hydrazine groups is 1. The first-order chi connectivity index (χ1) is 6.74. The molecule has 6 nitrogen and oxygen atoms in total. The zero-order valence-electron chi connectivity index (χ0n) is 7.36. The van der Waals surface area contributed by atoms with Crippen LogP contribution < -0.4 is 16.6 Å². The fourth-order valence-corrected chi connectivity index (χ4v) is 0.739. The van der Waals surface area contributed by atoms with Crippen LogP contribution in [0.25, 0.3) is 0 Å². The standard InChI is InChI=1S/C8H10N4O2/c9-5-7(13)11-12-8(14)6-3-1-2-4-10-6/h1-4H,5,9H2,(H,11,13)(H,12,14). The molecule has 0 bridgehead atoms. The molecule has 0 atom stereocenters. The van der Waals surface area contributed by atoms with Crippen molar-refractivity contribution in [1.82, 2.24) is 15.8 Å². The lowest BCUT2D eigenvalue weighted by molar-refractivity contribution is -0.120. The van der Waals surface area contributed by atoms with Crippen LogP contribution in [0.1, 0.15) is 10.5 Å². The minimum Gasteiger partial charge on any atom is -0.322 e. The second-order valence-electron chi connectivity index (χ2n) is 2.42. The Bertz CT molecular complexity index is 325. The van der Waals surface area contributed by atoms with Gasteiger partial charge in [-0.1, -0.05) is 6.07 Å². The van der Waals surface area contributed by atoms with Crippen molar-refractivity contribution in [3.63, 3.8) is 0 Å². The quantitative estimate of drug-likeness (QED) is 0.515. The van der Waals surface area contributed by atoms with E-state index in [2.05, 4.69) is 15.8 Å². The highest BCUT2D eigenvalue weighted by Gasteiger charge is 2.05. The number of carbonyl (C=O) groups is 2. The first kappa shape index (κ1) is 10.1. The van der Waals surface area contributed by atoms with E-state index in [0.29, 0.717) is 0 Å². The molecule has 2 amide bonds. The minimum absolute atomic E-state index is 0.178. The Morgan fingerprint density at radius 2 is 2.14 bits per heavy atom. The molecule has 4 N–H and O–H groups in total. The lowest BCUT2D eigenvalue weighted by atomic mass is 10.3. The Balaban J connectivity index is 2.48. The molecule has 0 aliphatic rings. The Kier molecular flexibility index (Phi) is 3.57. The molecule has 0 spiro atoms. The fourth-order valence-electron chi connectivity index (χ4n) is 0.739. The van der Waals surface area contributed by atoms with E-state index < -0.39 is 11.8 Å². The molecule has 6 heteroatoms. The number of amides is 2. The zero-order valence-corrected chi connectivity index (χ0v) is 7.36. The van der Waals surface area contributed by atoms with E-state index in [1.54, 1.807) is 12.1 Å². The number of hydrogen-bond acceptors (Lipinski definition) is 4. The average molecular weight is 194 g/mol. The van der Waals surface area contributed by atoms with Crippen LogP contribution in [0.3, 0.4) is 0 Å². The van der Waals surface area contributed by atoms with Gasteiger partial charge in [-0.25, -0.2) is 0 Å². The molecule has 1 aromatic rings. The van der Waals surface area contributed by atoms with Gasteiger partial charge in [0.2, 0.25) is 0 Å². The molecule has 0 aliphatic carbocycles. The van der Waals surface area contributed by atoms with Crippen molar-refractivity contribution in [3.8, 4) is 0 Å². The zero-order chi connectivity index (χ0) is 10.4. The molecule has 1 rings (SSSR count). The Morgan fingerprint density at radius 1 is 1.36 bits per heavy atom. The maximum atomic E-state index is 11.2. The van der Waals surface area contributed by atoms with Crippen LogP contribution in [0.15, 0.2) is 24.4 Å². The monoisotopic (exact) mass is 194 g/mol. The highest BCUT2D eigenvalue weighted by molar-refractivity contribution is 5.93. The van der Waals surface area contributed by atoms with Crippen LogP contribution in [0.5, 0.6) is 0 Å². The highest BCUT2D eigenvalue weighted by Crippen LogP contribution is 1.91. The van der Waals surface area contributed by atoms with Crippen LogP contribution in [0, 0.1) is 0 Å². The number of pyridine rings is 1. The van der Waals surface area contributed by atoms with Crippen LogP contribution in [-0.4, -0.2) is 23.3 Å². The summed E-state index contributed by atoms with van der Waals surface area (Å²) < 4.78 is 0. The maximum absolute atomic E-state index is 11.2. The van der Waals surface area contributed by atoms with E-state index in [9.17, 15) is 9.59 Å². The number of hydrogen-bond donors (Lipinski definition) is 3. The molecule has 14 heavy (non-hydrogen) atoms. The summed E-state index contributed by atoms with van der Waals surface area (Å²) in [5, 5.41) is 0. The summed E-state index contributed by atoms with van der Waals surface area (Å²) >= 11 is 0. The SMILES string of the molecule is NCC(=O)NNC(=O)c1ccccn1. The topological polar surface area (TPSA) is 97.1 Å². The largest absolute Gasteiger partial charge is 0.322 e. The molecule has 1 heterocycles. The molecular weight excluding hydrogens is 184 g/mol. The first-order valence-corrected chi connectivity index (χ1v) is 3.94. The van der Waals surface area contributed by atoms with Crippen molar-refractivity contribution in [2.24, 2.45) is 5.73 Å². The molecule has 0 unspecified atom stereocenters.